The van der Waals surface area contributed by atoms with Crippen LogP contribution in [0.3, 0.4) is 0 Å². The molecule has 0 aliphatic heterocycles. The summed E-state index contributed by atoms with van der Waals surface area (Å²) in [5.74, 6) is 0.784. The van der Waals surface area contributed by atoms with Gasteiger partial charge in [-0.05, 0) is 12.8 Å². The molecule has 0 radical (unpaired) electrons. The number of aromatic nitrogens is 2. The Morgan fingerprint density at radius 1 is 1.64 bits per heavy atom. The van der Waals surface area contributed by atoms with Gasteiger partial charge in [0.1, 0.15) is 0 Å². The third-order valence-corrected chi connectivity index (χ3v) is 2.63. The van der Waals surface area contributed by atoms with Crippen LogP contribution in [-0.4, -0.2) is 29.0 Å². The molecule has 5 heteroatoms. The molecular weight excluding hydrogens is 180 g/mol. The number of ether oxygens (including phenoxy) is 1. The number of nitrogens with one attached hydrogen (secondary N) is 1. The van der Waals surface area contributed by atoms with E-state index in [1.807, 2.05) is 7.05 Å². The number of nitrogen functional groups attached to an aromatic ring is 1. The summed E-state index contributed by atoms with van der Waals surface area (Å²) in [5, 5.41) is 7.52. The normalized spacial score (nSPS) is 25.9. The van der Waals surface area contributed by atoms with Crippen molar-refractivity contribution in [3.63, 3.8) is 0 Å². The van der Waals surface area contributed by atoms with Crippen LogP contribution in [0.2, 0.25) is 0 Å². The highest BCUT2D eigenvalue weighted by molar-refractivity contribution is 5.60. The molecule has 1 saturated carbocycles. The first kappa shape index (κ1) is 9.33. The molecular formula is C9H16N4O. The molecule has 0 unspecified atom stereocenters. The van der Waals surface area contributed by atoms with E-state index in [-0.39, 0.29) is 0 Å². The Labute approximate surface area is 83.2 Å². The average molecular weight is 196 g/mol. The highest BCUT2D eigenvalue weighted by Gasteiger charge is 2.29. The van der Waals surface area contributed by atoms with Gasteiger partial charge in [-0.1, -0.05) is 0 Å². The highest BCUT2D eigenvalue weighted by Crippen LogP contribution is 2.27. The van der Waals surface area contributed by atoms with Gasteiger partial charge in [0, 0.05) is 26.4 Å². The maximum atomic E-state index is 5.76. The molecule has 0 aromatic carbocycles. The number of anilines is 2. The Hall–Kier alpha value is -1.23. The van der Waals surface area contributed by atoms with E-state index in [0.29, 0.717) is 17.8 Å². The zero-order valence-corrected chi connectivity index (χ0v) is 8.53. The Morgan fingerprint density at radius 3 is 2.86 bits per heavy atom. The van der Waals surface area contributed by atoms with Crippen molar-refractivity contribution in [2.24, 2.45) is 7.05 Å². The van der Waals surface area contributed by atoms with Crippen LogP contribution in [-0.2, 0) is 11.8 Å². The minimum Gasteiger partial charge on any atom is -0.394 e. The third kappa shape index (κ3) is 1.68. The second-order valence-electron chi connectivity index (χ2n) is 3.78. The van der Waals surface area contributed by atoms with Gasteiger partial charge in [0.25, 0.3) is 0 Å². The molecule has 1 heterocycles. The van der Waals surface area contributed by atoms with Crippen LogP contribution in [0, 0.1) is 0 Å². The van der Waals surface area contributed by atoms with Crippen LogP contribution in [0.25, 0.3) is 0 Å². The summed E-state index contributed by atoms with van der Waals surface area (Å²) in [5.41, 5.74) is 6.46. The van der Waals surface area contributed by atoms with Gasteiger partial charge in [-0.25, -0.2) is 0 Å². The lowest BCUT2D eigenvalue weighted by molar-refractivity contribution is 0.0328. The molecule has 1 aromatic heterocycles. The SMILES string of the molecule is COC1CC(Nc2nn(C)cc2N)C1. The van der Waals surface area contributed by atoms with Crippen molar-refractivity contribution in [2.75, 3.05) is 18.2 Å². The molecule has 1 aliphatic carbocycles. The minimum absolute atomic E-state index is 0.400. The Bertz CT molecular complexity index is 317. The van der Waals surface area contributed by atoms with Crippen molar-refractivity contribution in [2.45, 2.75) is 25.0 Å². The summed E-state index contributed by atoms with van der Waals surface area (Å²) >= 11 is 0. The average Bonchev–Trinajstić information content (AvgIpc) is 2.37. The van der Waals surface area contributed by atoms with Gasteiger partial charge in [0.15, 0.2) is 5.82 Å². The summed E-state index contributed by atoms with van der Waals surface area (Å²) in [6, 6.07) is 0.456. The van der Waals surface area contributed by atoms with Gasteiger partial charge in [0.2, 0.25) is 0 Å². The fourth-order valence-electron chi connectivity index (χ4n) is 1.69. The van der Waals surface area contributed by atoms with E-state index in [1.54, 1.807) is 18.0 Å². The lowest BCUT2D eigenvalue weighted by Gasteiger charge is -2.34. The standard InChI is InChI=1S/C9H16N4O/c1-13-5-8(10)9(12-13)11-6-3-7(4-6)14-2/h5-7H,3-4,10H2,1-2H3,(H,11,12). The Morgan fingerprint density at radius 2 is 2.36 bits per heavy atom. The van der Waals surface area contributed by atoms with E-state index in [2.05, 4.69) is 10.4 Å². The molecule has 2 rings (SSSR count). The van der Waals surface area contributed by atoms with Crippen molar-refractivity contribution in [3.8, 4) is 0 Å². The van der Waals surface area contributed by atoms with Gasteiger partial charge >= 0.3 is 0 Å². The van der Waals surface area contributed by atoms with Crippen LogP contribution in [0.4, 0.5) is 11.5 Å². The zero-order chi connectivity index (χ0) is 10.1. The van der Waals surface area contributed by atoms with Crippen LogP contribution >= 0.6 is 0 Å². The van der Waals surface area contributed by atoms with E-state index < -0.39 is 0 Å². The first-order valence-corrected chi connectivity index (χ1v) is 4.77. The molecule has 1 aliphatic rings. The molecule has 3 N–H and O–H groups in total. The molecule has 1 fully saturated rings. The zero-order valence-electron chi connectivity index (χ0n) is 8.53. The largest absolute Gasteiger partial charge is 0.394 e. The number of methoxy groups -OCH3 is 1. The predicted octanol–water partition coefficient (Wildman–Crippen LogP) is 0.592. The number of aryl methyl sites for hydroxylation is 1. The summed E-state index contributed by atoms with van der Waals surface area (Å²) in [6.07, 6.45) is 4.27. The number of rotatable bonds is 3. The summed E-state index contributed by atoms with van der Waals surface area (Å²) in [4.78, 5) is 0. The van der Waals surface area contributed by atoms with Crippen molar-refractivity contribution in [1.29, 1.82) is 0 Å². The lowest BCUT2D eigenvalue weighted by Crippen LogP contribution is -2.40. The molecule has 0 bridgehead atoms. The monoisotopic (exact) mass is 196 g/mol. The fraction of sp³-hybridized carbons (Fsp3) is 0.667. The summed E-state index contributed by atoms with van der Waals surface area (Å²) < 4.78 is 6.91. The van der Waals surface area contributed by atoms with E-state index in [0.717, 1.165) is 18.7 Å². The molecule has 0 amide bonds. The van der Waals surface area contributed by atoms with Crippen molar-refractivity contribution >= 4 is 11.5 Å². The van der Waals surface area contributed by atoms with Crippen LogP contribution in [0.15, 0.2) is 6.20 Å². The van der Waals surface area contributed by atoms with E-state index in [4.69, 9.17) is 10.5 Å². The molecule has 0 atom stereocenters. The van der Waals surface area contributed by atoms with Gasteiger partial charge in [-0.3, -0.25) is 4.68 Å². The van der Waals surface area contributed by atoms with Crippen LogP contribution in [0.5, 0.6) is 0 Å². The number of hydrogen-bond acceptors (Lipinski definition) is 4. The first-order valence-electron chi connectivity index (χ1n) is 4.77. The fourth-order valence-corrected chi connectivity index (χ4v) is 1.69. The molecule has 78 valence electrons. The van der Waals surface area contributed by atoms with E-state index in [1.165, 1.54) is 0 Å². The molecule has 0 saturated heterocycles. The van der Waals surface area contributed by atoms with E-state index in [9.17, 15) is 0 Å². The van der Waals surface area contributed by atoms with Gasteiger partial charge in [-0.15, -0.1) is 0 Å². The Balaban J connectivity index is 1.90. The number of hydrogen-bond donors (Lipinski definition) is 2. The summed E-state index contributed by atoms with van der Waals surface area (Å²) in [7, 11) is 3.61. The lowest BCUT2D eigenvalue weighted by atomic mass is 9.89. The quantitative estimate of drug-likeness (QED) is 0.742. The third-order valence-electron chi connectivity index (χ3n) is 2.63. The second-order valence-corrected chi connectivity index (χ2v) is 3.78. The topological polar surface area (TPSA) is 65.1 Å². The second kappa shape index (κ2) is 3.49. The van der Waals surface area contributed by atoms with Gasteiger partial charge in [0.05, 0.1) is 11.8 Å². The predicted molar refractivity (Wildman–Crippen MR) is 55.1 cm³/mol. The molecule has 1 aromatic rings. The highest BCUT2D eigenvalue weighted by atomic mass is 16.5. The first-order chi connectivity index (χ1) is 6.69. The summed E-state index contributed by atoms with van der Waals surface area (Å²) in [6.45, 7) is 0. The molecule has 14 heavy (non-hydrogen) atoms. The molecule has 0 spiro atoms. The Kier molecular flexibility index (Phi) is 2.33. The van der Waals surface area contributed by atoms with Gasteiger partial charge < -0.3 is 15.8 Å². The van der Waals surface area contributed by atoms with Crippen LogP contribution < -0.4 is 11.1 Å². The van der Waals surface area contributed by atoms with Crippen LogP contribution in [0.1, 0.15) is 12.8 Å². The van der Waals surface area contributed by atoms with E-state index >= 15 is 0 Å². The van der Waals surface area contributed by atoms with Crippen molar-refractivity contribution in [1.82, 2.24) is 9.78 Å². The maximum absolute atomic E-state index is 5.76. The number of nitrogens with zero attached hydrogens (tertiary/aromatic N) is 2. The molecule has 5 nitrogen and oxygen atoms in total. The van der Waals surface area contributed by atoms with Crippen molar-refractivity contribution in [3.05, 3.63) is 6.20 Å². The van der Waals surface area contributed by atoms with Gasteiger partial charge in [-0.2, -0.15) is 5.10 Å². The van der Waals surface area contributed by atoms with Crippen molar-refractivity contribution < 1.29 is 4.74 Å². The number of nitrogens with two attached hydrogens (primary N) is 1. The smallest absolute Gasteiger partial charge is 0.171 e. The maximum Gasteiger partial charge on any atom is 0.171 e. The minimum atomic E-state index is 0.400.